The zero-order valence-corrected chi connectivity index (χ0v) is 11.5. The smallest absolute Gasteiger partial charge is 0.305 e. The number of hydrogen-bond donors (Lipinski definition) is 1. The van der Waals surface area contributed by atoms with Gasteiger partial charge in [0.05, 0.1) is 11.5 Å². The number of nitro benzene ring substituents is 1. The van der Waals surface area contributed by atoms with Gasteiger partial charge < -0.3 is 10.1 Å². The van der Waals surface area contributed by atoms with Gasteiger partial charge in [0.25, 0.3) is 5.91 Å². The number of halogens is 2. The molecule has 1 amide bonds. The van der Waals surface area contributed by atoms with E-state index in [-0.39, 0.29) is 13.2 Å². The molecule has 0 atom stereocenters. The molecule has 21 heavy (non-hydrogen) atoms. The summed E-state index contributed by atoms with van der Waals surface area (Å²) in [6, 6.07) is 1.36. The van der Waals surface area contributed by atoms with Crippen molar-refractivity contribution < 1.29 is 23.2 Å². The zero-order chi connectivity index (χ0) is 15.8. The maximum Gasteiger partial charge on any atom is 0.305 e. The fraction of sp³-hybridized carbons (Fsp3) is 0.462. The van der Waals surface area contributed by atoms with E-state index in [1.165, 1.54) is 0 Å². The predicted octanol–water partition coefficient (Wildman–Crippen LogP) is 2.42. The maximum atomic E-state index is 13.7. The SMILES string of the molecule is CCCCOCCNC(=O)c1c(F)ccc([N+](=O)[O-])c1F. The first kappa shape index (κ1) is 17.0. The number of benzene rings is 1. The highest BCUT2D eigenvalue weighted by Crippen LogP contribution is 2.22. The van der Waals surface area contributed by atoms with Crippen molar-refractivity contribution in [2.24, 2.45) is 0 Å². The maximum absolute atomic E-state index is 13.7. The van der Waals surface area contributed by atoms with E-state index >= 15 is 0 Å². The largest absolute Gasteiger partial charge is 0.380 e. The van der Waals surface area contributed by atoms with Crippen LogP contribution in [0.25, 0.3) is 0 Å². The van der Waals surface area contributed by atoms with Crippen molar-refractivity contribution in [2.45, 2.75) is 19.8 Å². The molecule has 0 spiro atoms. The fourth-order valence-corrected chi connectivity index (χ4v) is 1.56. The Morgan fingerprint density at radius 2 is 2.10 bits per heavy atom. The van der Waals surface area contributed by atoms with Crippen LogP contribution in [0.4, 0.5) is 14.5 Å². The highest BCUT2D eigenvalue weighted by molar-refractivity contribution is 5.95. The van der Waals surface area contributed by atoms with E-state index in [2.05, 4.69) is 5.32 Å². The summed E-state index contributed by atoms with van der Waals surface area (Å²) in [5.41, 5.74) is -1.90. The Morgan fingerprint density at radius 1 is 1.38 bits per heavy atom. The Morgan fingerprint density at radius 3 is 2.71 bits per heavy atom. The molecule has 1 rings (SSSR count). The first-order valence-corrected chi connectivity index (χ1v) is 6.47. The molecular formula is C13H16F2N2O4. The van der Waals surface area contributed by atoms with Gasteiger partial charge in [-0.3, -0.25) is 14.9 Å². The Bertz CT molecular complexity index is 523. The molecule has 0 radical (unpaired) electrons. The molecule has 0 aliphatic rings. The molecule has 0 saturated heterocycles. The van der Waals surface area contributed by atoms with Gasteiger partial charge in [-0.15, -0.1) is 0 Å². The molecule has 0 unspecified atom stereocenters. The summed E-state index contributed by atoms with van der Waals surface area (Å²) in [6.45, 7) is 2.79. The van der Waals surface area contributed by atoms with Gasteiger partial charge in [0.1, 0.15) is 11.4 Å². The third-order valence-corrected chi connectivity index (χ3v) is 2.67. The van der Waals surface area contributed by atoms with Crippen LogP contribution in [0.3, 0.4) is 0 Å². The highest BCUT2D eigenvalue weighted by Gasteiger charge is 2.25. The topological polar surface area (TPSA) is 81.5 Å². The van der Waals surface area contributed by atoms with Crippen molar-refractivity contribution in [3.63, 3.8) is 0 Å². The molecule has 0 fully saturated rings. The molecule has 6 nitrogen and oxygen atoms in total. The van der Waals surface area contributed by atoms with Gasteiger partial charge in [-0.25, -0.2) is 4.39 Å². The van der Waals surface area contributed by atoms with Gasteiger partial charge in [-0.2, -0.15) is 4.39 Å². The third kappa shape index (κ3) is 4.75. The molecule has 8 heteroatoms. The van der Waals surface area contributed by atoms with Crippen molar-refractivity contribution in [1.82, 2.24) is 5.32 Å². The van der Waals surface area contributed by atoms with Crippen LogP contribution in [0.2, 0.25) is 0 Å². The summed E-state index contributed by atoms with van der Waals surface area (Å²) in [5, 5.41) is 12.8. The second-order valence-electron chi connectivity index (χ2n) is 4.23. The summed E-state index contributed by atoms with van der Waals surface area (Å²) < 4.78 is 32.4. The second-order valence-corrected chi connectivity index (χ2v) is 4.23. The lowest BCUT2D eigenvalue weighted by Crippen LogP contribution is -2.29. The number of unbranched alkanes of at least 4 members (excludes halogenated alkanes) is 1. The van der Waals surface area contributed by atoms with E-state index in [4.69, 9.17) is 4.74 Å². The molecule has 0 bridgehead atoms. The minimum Gasteiger partial charge on any atom is -0.380 e. The zero-order valence-electron chi connectivity index (χ0n) is 11.5. The Hall–Kier alpha value is -2.09. The molecule has 0 aromatic heterocycles. The molecule has 0 saturated carbocycles. The number of ether oxygens (including phenoxy) is 1. The van der Waals surface area contributed by atoms with Crippen LogP contribution in [-0.2, 0) is 4.74 Å². The molecule has 1 aromatic carbocycles. The normalized spacial score (nSPS) is 10.4. The summed E-state index contributed by atoms with van der Waals surface area (Å²) in [7, 11) is 0. The lowest BCUT2D eigenvalue weighted by atomic mass is 10.1. The number of amides is 1. The Kier molecular flexibility index (Phi) is 6.67. The van der Waals surface area contributed by atoms with Gasteiger partial charge in [0.15, 0.2) is 0 Å². The van der Waals surface area contributed by atoms with E-state index in [0.29, 0.717) is 18.7 Å². The third-order valence-electron chi connectivity index (χ3n) is 2.67. The Labute approximate surface area is 120 Å². The number of nitro groups is 1. The van der Waals surface area contributed by atoms with E-state index in [9.17, 15) is 23.7 Å². The van der Waals surface area contributed by atoms with E-state index in [1.54, 1.807) is 0 Å². The summed E-state index contributed by atoms with van der Waals surface area (Å²) in [6.07, 6.45) is 1.85. The minimum absolute atomic E-state index is 0.0596. The monoisotopic (exact) mass is 302 g/mol. The Balaban J connectivity index is 2.66. The van der Waals surface area contributed by atoms with Crippen LogP contribution in [0.15, 0.2) is 12.1 Å². The first-order chi connectivity index (χ1) is 9.99. The van der Waals surface area contributed by atoms with Gasteiger partial charge >= 0.3 is 5.69 Å². The standard InChI is InChI=1S/C13H16F2N2O4/c1-2-3-7-21-8-6-16-13(18)11-9(14)4-5-10(12(11)15)17(19)20/h4-5H,2-3,6-8H2,1H3,(H,16,18). The van der Waals surface area contributed by atoms with Crippen molar-refractivity contribution in [1.29, 1.82) is 0 Å². The van der Waals surface area contributed by atoms with Gasteiger partial charge in [0, 0.05) is 19.2 Å². The fourth-order valence-electron chi connectivity index (χ4n) is 1.56. The molecule has 0 heterocycles. The van der Waals surface area contributed by atoms with Crippen LogP contribution in [-0.4, -0.2) is 30.6 Å². The van der Waals surface area contributed by atoms with Crippen LogP contribution in [0.1, 0.15) is 30.1 Å². The van der Waals surface area contributed by atoms with Gasteiger partial charge in [-0.1, -0.05) is 13.3 Å². The van der Waals surface area contributed by atoms with Crippen LogP contribution in [0, 0.1) is 21.7 Å². The average molecular weight is 302 g/mol. The van der Waals surface area contributed by atoms with Crippen molar-refractivity contribution in [3.05, 3.63) is 39.4 Å². The summed E-state index contributed by atoms with van der Waals surface area (Å²) in [4.78, 5) is 21.2. The molecule has 1 N–H and O–H groups in total. The molecule has 0 aliphatic carbocycles. The lowest BCUT2D eigenvalue weighted by Gasteiger charge is -2.08. The van der Waals surface area contributed by atoms with E-state index in [0.717, 1.165) is 12.8 Å². The predicted molar refractivity (Wildman–Crippen MR) is 71.1 cm³/mol. The number of rotatable bonds is 8. The quantitative estimate of drug-likeness (QED) is 0.454. The molecular weight excluding hydrogens is 286 g/mol. The number of hydrogen-bond acceptors (Lipinski definition) is 4. The average Bonchev–Trinajstić information content (AvgIpc) is 2.42. The van der Waals surface area contributed by atoms with Crippen molar-refractivity contribution in [3.8, 4) is 0 Å². The van der Waals surface area contributed by atoms with Gasteiger partial charge in [-0.05, 0) is 12.5 Å². The summed E-state index contributed by atoms with van der Waals surface area (Å²) in [5.74, 6) is -3.68. The number of nitrogens with zero attached hydrogens (tertiary/aromatic N) is 1. The molecule has 116 valence electrons. The lowest BCUT2D eigenvalue weighted by molar-refractivity contribution is -0.387. The minimum atomic E-state index is -1.48. The molecule has 0 aliphatic heterocycles. The summed E-state index contributed by atoms with van der Waals surface area (Å²) >= 11 is 0. The van der Waals surface area contributed by atoms with Crippen molar-refractivity contribution in [2.75, 3.05) is 19.8 Å². The van der Waals surface area contributed by atoms with Crippen LogP contribution >= 0.6 is 0 Å². The first-order valence-electron chi connectivity index (χ1n) is 6.47. The van der Waals surface area contributed by atoms with Crippen molar-refractivity contribution >= 4 is 11.6 Å². The second kappa shape index (κ2) is 8.25. The molecule has 1 aromatic rings. The van der Waals surface area contributed by atoms with E-state index < -0.39 is 33.7 Å². The number of carbonyl (C=O) groups is 1. The van der Waals surface area contributed by atoms with Gasteiger partial charge in [0.2, 0.25) is 5.82 Å². The number of carbonyl (C=O) groups excluding carboxylic acids is 1. The van der Waals surface area contributed by atoms with Crippen LogP contribution < -0.4 is 5.32 Å². The van der Waals surface area contributed by atoms with Crippen LogP contribution in [0.5, 0.6) is 0 Å². The number of nitrogens with one attached hydrogen (secondary N) is 1. The van der Waals surface area contributed by atoms with E-state index in [1.807, 2.05) is 6.92 Å². The highest BCUT2D eigenvalue weighted by atomic mass is 19.1.